The maximum Gasteiger partial charge on any atom is 0.349 e. The van der Waals surface area contributed by atoms with Gasteiger partial charge in [0, 0.05) is 25.0 Å². The van der Waals surface area contributed by atoms with Gasteiger partial charge in [-0.25, -0.2) is 4.79 Å². The first-order valence-electron chi connectivity index (χ1n) is 8.55. The van der Waals surface area contributed by atoms with Crippen molar-refractivity contribution in [3.63, 3.8) is 0 Å². The summed E-state index contributed by atoms with van der Waals surface area (Å²) in [4.78, 5) is 40.2. The maximum atomic E-state index is 12.9. The molecule has 7 heteroatoms. The first-order valence-corrected chi connectivity index (χ1v) is 8.55. The molecule has 140 valence electrons. The topological polar surface area (TPSA) is 80.1 Å². The van der Waals surface area contributed by atoms with E-state index in [1.807, 2.05) is 19.0 Å². The molecule has 0 spiro atoms. The lowest BCUT2D eigenvalue weighted by molar-refractivity contribution is -0.143. The summed E-state index contributed by atoms with van der Waals surface area (Å²) < 4.78 is 10.2. The van der Waals surface area contributed by atoms with Crippen LogP contribution in [0.3, 0.4) is 0 Å². The van der Waals surface area contributed by atoms with Gasteiger partial charge in [0.25, 0.3) is 5.91 Å². The lowest BCUT2D eigenvalue weighted by atomic mass is 10.1. The quantitative estimate of drug-likeness (QED) is 0.527. The van der Waals surface area contributed by atoms with E-state index in [1.54, 1.807) is 31.2 Å². The normalized spacial score (nSPS) is 10.9. The summed E-state index contributed by atoms with van der Waals surface area (Å²) in [6, 6.07) is 8.56. The zero-order valence-electron chi connectivity index (χ0n) is 15.4. The molecular weight excluding hydrogens is 336 g/mol. The molecule has 0 saturated carbocycles. The van der Waals surface area contributed by atoms with E-state index >= 15 is 0 Å². The average Bonchev–Trinajstić information content (AvgIpc) is 2.60. The fourth-order valence-corrected chi connectivity index (χ4v) is 2.48. The highest BCUT2D eigenvalue weighted by atomic mass is 16.5. The Labute approximate surface area is 152 Å². The lowest BCUT2D eigenvalue weighted by Gasteiger charge is -2.23. The van der Waals surface area contributed by atoms with Crippen LogP contribution in [-0.4, -0.2) is 62.0 Å². The van der Waals surface area contributed by atoms with E-state index in [0.717, 1.165) is 0 Å². The van der Waals surface area contributed by atoms with Crippen molar-refractivity contribution in [1.29, 1.82) is 0 Å². The lowest BCUT2D eigenvalue weighted by Crippen LogP contribution is -2.40. The van der Waals surface area contributed by atoms with Crippen molar-refractivity contribution < 1.29 is 18.7 Å². The van der Waals surface area contributed by atoms with Gasteiger partial charge >= 0.3 is 11.6 Å². The Morgan fingerprint density at radius 3 is 2.54 bits per heavy atom. The van der Waals surface area contributed by atoms with Crippen molar-refractivity contribution in [2.24, 2.45) is 0 Å². The number of rotatable bonds is 8. The molecule has 2 aromatic rings. The van der Waals surface area contributed by atoms with Crippen LogP contribution in [0.4, 0.5) is 0 Å². The molecule has 0 aliphatic rings. The standard InChI is InChI=1S/C19H24N2O5/c1-4-25-17(22)9-10-21(12-11-20(2)3)18(23)15-13-14-7-5-6-8-16(14)26-19(15)24/h5-8,13H,4,9-12H2,1-3H3. The second-order valence-corrected chi connectivity index (χ2v) is 6.14. The van der Waals surface area contributed by atoms with Crippen LogP contribution in [-0.2, 0) is 9.53 Å². The summed E-state index contributed by atoms with van der Waals surface area (Å²) in [5.41, 5.74) is -0.286. The first-order chi connectivity index (χ1) is 12.4. The third-order valence-electron chi connectivity index (χ3n) is 3.87. The summed E-state index contributed by atoms with van der Waals surface area (Å²) in [5.74, 6) is -0.823. The summed E-state index contributed by atoms with van der Waals surface area (Å²) >= 11 is 0. The van der Waals surface area contributed by atoms with Gasteiger partial charge < -0.3 is 19.0 Å². The molecular formula is C19H24N2O5. The molecule has 0 bridgehead atoms. The molecule has 26 heavy (non-hydrogen) atoms. The Kier molecular flexibility index (Phi) is 6.91. The number of carbonyl (C=O) groups excluding carboxylic acids is 2. The SMILES string of the molecule is CCOC(=O)CCN(CCN(C)C)C(=O)c1cc2ccccc2oc1=O. The Bertz CT molecular complexity index is 828. The Balaban J connectivity index is 2.25. The predicted molar refractivity (Wildman–Crippen MR) is 98.2 cm³/mol. The van der Waals surface area contributed by atoms with E-state index in [4.69, 9.17) is 9.15 Å². The fraction of sp³-hybridized carbons (Fsp3) is 0.421. The van der Waals surface area contributed by atoms with Gasteiger partial charge in [0.05, 0.1) is 13.0 Å². The Hall–Kier alpha value is -2.67. The van der Waals surface area contributed by atoms with Crippen LogP contribution < -0.4 is 5.63 Å². The zero-order chi connectivity index (χ0) is 19.1. The maximum absolute atomic E-state index is 12.9. The van der Waals surface area contributed by atoms with E-state index in [9.17, 15) is 14.4 Å². The van der Waals surface area contributed by atoms with Crippen molar-refractivity contribution in [2.75, 3.05) is 40.3 Å². The van der Waals surface area contributed by atoms with Crippen LogP contribution >= 0.6 is 0 Å². The van der Waals surface area contributed by atoms with Crippen LogP contribution in [0.25, 0.3) is 11.0 Å². The number of hydrogen-bond donors (Lipinski definition) is 0. The molecule has 7 nitrogen and oxygen atoms in total. The van der Waals surface area contributed by atoms with E-state index in [-0.39, 0.29) is 24.5 Å². The summed E-state index contributed by atoms with van der Waals surface area (Å²) in [6.07, 6.45) is 0.0753. The summed E-state index contributed by atoms with van der Waals surface area (Å²) in [5, 5.41) is 0.674. The van der Waals surface area contributed by atoms with Gasteiger partial charge in [0.15, 0.2) is 0 Å². The van der Waals surface area contributed by atoms with Gasteiger partial charge in [-0.15, -0.1) is 0 Å². The highest BCUT2D eigenvalue weighted by Crippen LogP contribution is 2.14. The Morgan fingerprint density at radius 1 is 1.12 bits per heavy atom. The minimum Gasteiger partial charge on any atom is -0.466 e. The van der Waals surface area contributed by atoms with Crippen LogP contribution in [0.1, 0.15) is 23.7 Å². The number of likely N-dealkylation sites (N-methyl/N-ethyl adjacent to an activating group) is 1. The summed E-state index contributed by atoms with van der Waals surface area (Å²) in [6.45, 7) is 3.19. The number of nitrogens with zero attached hydrogens (tertiary/aromatic N) is 2. The van der Waals surface area contributed by atoms with E-state index in [0.29, 0.717) is 30.7 Å². The van der Waals surface area contributed by atoms with Crippen LogP contribution in [0.15, 0.2) is 39.5 Å². The minimum atomic E-state index is -0.681. The average molecular weight is 360 g/mol. The van der Waals surface area contributed by atoms with Gasteiger partial charge in [-0.3, -0.25) is 9.59 Å². The highest BCUT2D eigenvalue weighted by molar-refractivity contribution is 5.96. The molecule has 1 heterocycles. The van der Waals surface area contributed by atoms with Gasteiger partial charge in [0.2, 0.25) is 0 Å². The summed E-state index contributed by atoms with van der Waals surface area (Å²) in [7, 11) is 3.77. The molecule has 1 aromatic carbocycles. The largest absolute Gasteiger partial charge is 0.466 e. The third-order valence-corrected chi connectivity index (χ3v) is 3.87. The molecule has 0 radical (unpaired) electrons. The molecule has 0 saturated heterocycles. The molecule has 1 aromatic heterocycles. The van der Waals surface area contributed by atoms with Gasteiger partial charge in [-0.05, 0) is 33.2 Å². The molecule has 1 amide bonds. The van der Waals surface area contributed by atoms with Gasteiger partial charge in [-0.1, -0.05) is 18.2 Å². The minimum absolute atomic E-state index is 0.0358. The molecule has 0 fully saturated rings. The molecule has 0 aliphatic carbocycles. The highest BCUT2D eigenvalue weighted by Gasteiger charge is 2.21. The van der Waals surface area contributed by atoms with E-state index in [2.05, 4.69) is 0 Å². The van der Waals surface area contributed by atoms with Crippen LogP contribution in [0, 0.1) is 0 Å². The van der Waals surface area contributed by atoms with Crippen molar-refractivity contribution in [1.82, 2.24) is 9.80 Å². The number of ether oxygens (including phenoxy) is 1. The second kappa shape index (κ2) is 9.15. The van der Waals surface area contributed by atoms with E-state index in [1.165, 1.54) is 11.0 Å². The molecule has 0 aliphatic heterocycles. The first kappa shape index (κ1) is 19.7. The molecule has 2 rings (SSSR count). The van der Waals surface area contributed by atoms with Gasteiger partial charge in [-0.2, -0.15) is 0 Å². The van der Waals surface area contributed by atoms with Crippen molar-refractivity contribution >= 4 is 22.8 Å². The van der Waals surface area contributed by atoms with Gasteiger partial charge in [0.1, 0.15) is 11.1 Å². The van der Waals surface area contributed by atoms with Crippen molar-refractivity contribution in [3.05, 3.63) is 46.3 Å². The second-order valence-electron chi connectivity index (χ2n) is 6.14. The van der Waals surface area contributed by atoms with Crippen molar-refractivity contribution in [2.45, 2.75) is 13.3 Å². The van der Waals surface area contributed by atoms with Crippen LogP contribution in [0.5, 0.6) is 0 Å². The number of benzene rings is 1. The molecule has 0 unspecified atom stereocenters. The Morgan fingerprint density at radius 2 is 1.85 bits per heavy atom. The molecule has 0 N–H and O–H groups in total. The fourth-order valence-electron chi connectivity index (χ4n) is 2.48. The number of esters is 1. The van der Waals surface area contributed by atoms with Crippen molar-refractivity contribution in [3.8, 4) is 0 Å². The number of carbonyl (C=O) groups is 2. The third kappa shape index (κ3) is 5.16. The number of amides is 1. The number of fused-ring (bicyclic) bond motifs is 1. The number of para-hydroxylation sites is 1. The van der Waals surface area contributed by atoms with Crippen LogP contribution in [0.2, 0.25) is 0 Å². The zero-order valence-corrected chi connectivity index (χ0v) is 15.4. The monoisotopic (exact) mass is 360 g/mol. The van der Waals surface area contributed by atoms with E-state index < -0.39 is 11.5 Å². The smallest absolute Gasteiger partial charge is 0.349 e. The predicted octanol–water partition coefficient (Wildman–Crippen LogP) is 1.75. The molecule has 0 atom stereocenters. The number of hydrogen-bond acceptors (Lipinski definition) is 6.